The van der Waals surface area contributed by atoms with Gasteiger partial charge in [-0.25, -0.2) is 4.79 Å². The quantitative estimate of drug-likeness (QED) is 0.656. The van der Waals surface area contributed by atoms with Crippen molar-refractivity contribution in [3.63, 3.8) is 0 Å². The second-order valence-electron chi connectivity index (χ2n) is 5.78. The summed E-state index contributed by atoms with van der Waals surface area (Å²) >= 11 is 0. The van der Waals surface area contributed by atoms with E-state index >= 15 is 0 Å². The van der Waals surface area contributed by atoms with Crippen molar-refractivity contribution >= 4 is 29.4 Å². The fraction of sp³-hybridized carbons (Fsp3) is 0.0952. The van der Waals surface area contributed by atoms with Gasteiger partial charge in [0.1, 0.15) is 12.4 Å². The van der Waals surface area contributed by atoms with E-state index in [2.05, 4.69) is 11.0 Å². The van der Waals surface area contributed by atoms with Crippen LogP contribution >= 0.6 is 0 Å². The van der Waals surface area contributed by atoms with E-state index in [0.29, 0.717) is 22.7 Å². The monoisotopic (exact) mass is 360 g/mol. The smallest absolute Gasteiger partial charge is 0.335 e. The minimum Gasteiger partial charge on any atom is -0.481 e. The van der Waals surface area contributed by atoms with Crippen molar-refractivity contribution in [1.82, 2.24) is 0 Å². The molecule has 0 spiro atoms. The van der Waals surface area contributed by atoms with Gasteiger partial charge >= 0.3 is 5.97 Å². The van der Waals surface area contributed by atoms with Crippen molar-refractivity contribution in [2.75, 3.05) is 11.6 Å². The van der Waals surface area contributed by atoms with Crippen molar-refractivity contribution in [3.05, 3.63) is 65.2 Å². The van der Waals surface area contributed by atoms with Gasteiger partial charge in [0.25, 0.3) is 5.91 Å². The highest BCUT2D eigenvalue weighted by molar-refractivity contribution is 6.32. The summed E-state index contributed by atoms with van der Waals surface area (Å²) in [5, 5.41) is 14.5. The molecule has 0 fully saturated rings. The first-order chi connectivity index (χ1) is 13.0. The van der Waals surface area contributed by atoms with Crippen LogP contribution in [0.15, 0.2) is 59.2 Å². The zero-order valence-corrected chi connectivity index (χ0v) is 14.5. The molecule has 2 aromatic rings. The van der Waals surface area contributed by atoms with Gasteiger partial charge in [-0.2, -0.15) is 10.1 Å². The standard InChI is InChI=1S/C21H16N2O4/c1-3-11-27-18-6-4-5-15(12-18)13-19-14(2)22-23(20(19)24)17-9-7-16(8-10-17)21(25)26/h1,4-10,12-13H,11H2,2H3,(H,25,26)/b19-13-. The summed E-state index contributed by atoms with van der Waals surface area (Å²) in [5.41, 5.74) is 2.44. The third-order valence-electron chi connectivity index (χ3n) is 3.91. The third kappa shape index (κ3) is 3.88. The van der Waals surface area contributed by atoms with E-state index in [4.69, 9.17) is 16.3 Å². The van der Waals surface area contributed by atoms with Crippen LogP contribution in [0.3, 0.4) is 0 Å². The van der Waals surface area contributed by atoms with E-state index in [9.17, 15) is 9.59 Å². The number of benzene rings is 2. The molecule has 6 heteroatoms. The number of terminal acetylenes is 1. The molecule has 0 aromatic heterocycles. The Bertz CT molecular complexity index is 998. The highest BCUT2D eigenvalue weighted by atomic mass is 16.5. The number of carboxylic acids is 1. The summed E-state index contributed by atoms with van der Waals surface area (Å²) in [6, 6.07) is 13.2. The molecular weight excluding hydrogens is 344 g/mol. The minimum atomic E-state index is -1.03. The van der Waals surface area contributed by atoms with Crippen LogP contribution in [0.5, 0.6) is 5.75 Å². The summed E-state index contributed by atoms with van der Waals surface area (Å²) in [4.78, 5) is 23.7. The molecule has 0 bridgehead atoms. The topological polar surface area (TPSA) is 79.2 Å². The molecule has 2 aromatic carbocycles. The number of amides is 1. The lowest BCUT2D eigenvalue weighted by Gasteiger charge is -2.11. The normalized spacial score (nSPS) is 14.8. The lowest BCUT2D eigenvalue weighted by atomic mass is 10.1. The first-order valence-corrected chi connectivity index (χ1v) is 8.11. The SMILES string of the molecule is C#CCOc1cccc(/C=C2\C(=O)N(c3ccc(C(=O)O)cc3)N=C2C)c1. The number of hydrazone groups is 1. The molecule has 0 radical (unpaired) electrons. The fourth-order valence-corrected chi connectivity index (χ4v) is 2.59. The lowest BCUT2D eigenvalue weighted by molar-refractivity contribution is -0.114. The van der Waals surface area contributed by atoms with E-state index in [-0.39, 0.29) is 18.1 Å². The Kier molecular flexibility index (Phi) is 5.04. The molecule has 1 aliphatic rings. The molecule has 27 heavy (non-hydrogen) atoms. The predicted molar refractivity (Wildman–Crippen MR) is 103 cm³/mol. The summed E-state index contributed by atoms with van der Waals surface area (Å²) in [7, 11) is 0. The zero-order chi connectivity index (χ0) is 19.4. The maximum absolute atomic E-state index is 12.8. The van der Waals surface area contributed by atoms with Crippen LogP contribution in [-0.4, -0.2) is 29.3 Å². The number of carboxylic acid groups (broad SMARTS) is 1. The minimum absolute atomic E-state index is 0.144. The van der Waals surface area contributed by atoms with E-state index in [1.807, 2.05) is 12.1 Å². The molecule has 0 aliphatic carbocycles. The van der Waals surface area contributed by atoms with Crippen LogP contribution in [0.1, 0.15) is 22.8 Å². The van der Waals surface area contributed by atoms with Gasteiger partial charge in [-0.1, -0.05) is 18.1 Å². The Hall–Kier alpha value is -3.85. The zero-order valence-electron chi connectivity index (χ0n) is 14.5. The largest absolute Gasteiger partial charge is 0.481 e. The second-order valence-corrected chi connectivity index (χ2v) is 5.78. The molecule has 0 saturated heterocycles. The molecule has 1 aliphatic heterocycles. The molecular formula is C21H16N2O4. The first-order valence-electron chi connectivity index (χ1n) is 8.11. The molecule has 0 saturated carbocycles. The van der Waals surface area contributed by atoms with Gasteiger partial charge in [0, 0.05) is 0 Å². The van der Waals surface area contributed by atoms with Crippen molar-refractivity contribution in [2.24, 2.45) is 5.10 Å². The van der Waals surface area contributed by atoms with Gasteiger partial charge in [0.2, 0.25) is 0 Å². The highest BCUT2D eigenvalue weighted by Gasteiger charge is 2.28. The maximum Gasteiger partial charge on any atom is 0.335 e. The molecule has 0 atom stereocenters. The Balaban J connectivity index is 1.86. The van der Waals surface area contributed by atoms with Crippen molar-refractivity contribution < 1.29 is 19.4 Å². The number of ether oxygens (including phenoxy) is 1. The maximum atomic E-state index is 12.8. The summed E-state index contributed by atoms with van der Waals surface area (Å²) in [5.74, 6) is 1.70. The molecule has 3 rings (SSSR count). The summed E-state index contributed by atoms with van der Waals surface area (Å²) in [6.07, 6.45) is 6.93. The number of hydrogen-bond acceptors (Lipinski definition) is 4. The van der Waals surface area contributed by atoms with Gasteiger partial charge in [-0.05, 0) is 55.0 Å². The Morgan fingerprint density at radius 3 is 2.70 bits per heavy atom. The molecule has 1 amide bonds. The lowest BCUT2D eigenvalue weighted by Crippen LogP contribution is -2.21. The van der Waals surface area contributed by atoms with Crippen LogP contribution < -0.4 is 9.75 Å². The van der Waals surface area contributed by atoms with Crippen LogP contribution in [-0.2, 0) is 4.79 Å². The van der Waals surface area contributed by atoms with Gasteiger partial charge in [0.15, 0.2) is 0 Å². The van der Waals surface area contributed by atoms with E-state index < -0.39 is 5.97 Å². The summed E-state index contributed by atoms with van der Waals surface area (Å²) < 4.78 is 5.40. The number of rotatable bonds is 5. The summed E-state index contributed by atoms with van der Waals surface area (Å²) in [6.45, 7) is 1.91. The Labute approximate surface area is 156 Å². The number of carbonyl (C=O) groups excluding carboxylic acids is 1. The molecule has 6 nitrogen and oxygen atoms in total. The van der Waals surface area contributed by atoms with Crippen LogP contribution in [0.4, 0.5) is 5.69 Å². The fourth-order valence-electron chi connectivity index (χ4n) is 2.59. The van der Waals surface area contributed by atoms with E-state index in [1.54, 1.807) is 37.3 Å². The van der Waals surface area contributed by atoms with Crippen molar-refractivity contribution in [3.8, 4) is 18.1 Å². The molecule has 134 valence electrons. The van der Waals surface area contributed by atoms with Crippen LogP contribution in [0.2, 0.25) is 0 Å². The predicted octanol–water partition coefficient (Wildman–Crippen LogP) is 3.20. The van der Waals surface area contributed by atoms with E-state index in [1.165, 1.54) is 17.1 Å². The van der Waals surface area contributed by atoms with Gasteiger partial charge in [-0.15, -0.1) is 6.42 Å². The highest BCUT2D eigenvalue weighted by Crippen LogP contribution is 2.26. The Morgan fingerprint density at radius 2 is 2.04 bits per heavy atom. The third-order valence-corrected chi connectivity index (χ3v) is 3.91. The van der Waals surface area contributed by atoms with Crippen molar-refractivity contribution in [1.29, 1.82) is 0 Å². The average Bonchev–Trinajstić information content (AvgIpc) is 2.95. The first kappa shape index (κ1) is 18.0. The molecule has 1 N–H and O–H groups in total. The number of carbonyl (C=O) groups is 2. The molecule has 1 heterocycles. The number of hydrogen-bond donors (Lipinski definition) is 1. The van der Waals surface area contributed by atoms with Crippen LogP contribution in [0, 0.1) is 12.3 Å². The average molecular weight is 360 g/mol. The Morgan fingerprint density at radius 1 is 1.30 bits per heavy atom. The second kappa shape index (κ2) is 7.58. The van der Waals surface area contributed by atoms with Gasteiger partial charge < -0.3 is 9.84 Å². The van der Waals surface area contributed by atoms with Crippen LogP contribution in [0.25, 0.3) is 6.08 Å². The van der Waals surface area contributed by atoms with Gasteiger partial charge in [0.05, 0.1) is 22.5 Å². The number of nitrogens with zero attached hydrogens (tertiary/aromatic N) is 2. The van der Waals surface area contributed by atoms with Crippen molar-refractivity contribution in [2.45, 2.75) is 6.92 Å². The van der Waals surface area contributed by atoms with E-state index in [0.717, 1.165) is 5.56 Å². The van der Waals surface area contributed by atoms with Gasteiger partial charge in [-0.3, -0.25) is 4.79 Å². The number of aromatic carboxylic acids is 1. The number of anilines is 1. The molecule has 0 unspecified atom stereocenters.